The van der Waals surface area contributed by atoms with Crippen molar-refractivity contribution in [3.8, 4) is 0 Å². The smallest absolute Gasteiger partial charge is 0.329 e. The molecule has 8 nitrogen and oxygen atoms in total. The summed E-state index contributed by atoms with van der Waals surface area (Å²) in [6.45, 7) is 4.74. The van der Waals surface area contributed by atoms with E-state index in [2.05, 4.69) is 4.98 Å². The van der Waals surface area contributed by atoms with Gasteiger partial charge in [-0.05, 0) is 42.7 Å². The van der Waals surface area contributed by atoms with Crippen LogP contribution in [0.3, 0.4) is 0 Å². The number of piperazine rings is 1. The van der Waals surface area contributed by atoms with Gasteiger partial charge in [0.05, 0.1) is 23.0 Å². The van der Waals surface area contributed by atoms with Crippen LogP contribution in [-0.4, -0.2) is 56.8 Å². The molecule has 1 N–H and O–H groups in total. The molecule has 4 rings (SSSR count). The zero-order chi connectivity index (χ0) is 24.4. The van der Waals surface area contributed by atoms with Crippen molar-refractivity contribution in [1.29, 1.82) is 0 Å². The fourth-order valence-electron chi connectivity index (χ4n) is 4.56. The van der Waals surface area contributed by atoms with E-state index in [1.165, 1.54) is 27.7 Å². The number of nitrogens with zero attached hydrogens (tertiary/aromatic N) is 3. The second-order valence-electron chi connectivity index (χ2n) is 8.46. The third-order valence-corrected chi connectivity index (χ3v) is 6.43. The number of rotatable bonds is 6. The Hall–Kier alpha value is -3.75. The van der Waals surface area contributed by atoms with E-state index < -0.39 is 23.0 Å². The Morgan fingerprint density at radius 2 is 1.79 bits per heavy atom. The van der Waals surface area contributed by atoms with Gasteiger partial charge in [-0.2, -0.15) is 0 Å². The molecule has 1 saturated heterocycles. The van der Waals surface area contributed by atoms with Gasteiger partial charge in [0.1, 0.15) is 12.4 Å². The van der Waals surface area contributed by atoms with E-state index in [0.717, 1.165) is 12.8 Å². The predicted octanol–water partition coefficient (Wildman–Crippen LogP) is 2.35. The normalized spacial score (nSPS) is 14.3. The summed E-state index contributed by atoms with van der Waals surface area (Å²) in [6, 6.07) is 10.9. The van der Waals surface area contributed by atoms with Crippen molar-refractivity contribution in [3.63, 3.8) is 0 Å². The topological polar surface area (TPSA) is 95.5 Å². The van der Waals surface area contributed by atoms with E-state index in [4.69, 9.17) is 0 Å². The van der Waals surface area contributed by atoms with Gasteiger partial charge in [-0.15, -0.1) is 0 Å². The lowest BCUT2D eigenvalue weighted by Gasteiger charge is -2.38. The molecule has 0 aliphatic carbocycles. The molecule has 9 heteroatoms. The lowest BCUT2D eigenvalue weighted by Crippen LogP contribution is -2.55. The first kappa shape index (κ1) is 23.4. The highest BCUT2D eigenvalue weighted by atomic mass is 19.1. The molecule has 0 spiro atoms. The summed E-state index contributed by atoms with van der Waals surface area (Å²) in [5, 5.41) is 0.356. The molecular formula is C25H27FN4O4. The first-order valence-corrected chi connectivity index (χ1v) is 11.4. The number of hydrogen-bond donors (Lipinski definition) is 1. The fraction of sp³-hybridized carbons (Fsp3) is 0.360. The lowest BCUT2D eigenvalue weighted by atomic mass is 10.1. The number of hydrogen-bond acceptors (Lipinski definition) is 4. The number of para-hydroxylation sites is 1. The SMILES string of the molecule is CCC(CC)N1CCN(C(=O)c2cc(Cn3c(=O)[nH]c(=O)c4ccccc43)ccc2F)CC1=O. The van der Waals surface area contributed by atoms with Crippen LogP contribution in [0.4, 0.5) is 4.39 Å². The molecule has 0 bridgehead atoms. The number of fused-ring (bicyclic) bond motifs is 1. The van der Waals surface area contributed by atoms with Crippen LogP contribution in [0.2, 0.25) is 0 Å². The highest BCUT2D eigenvalue weighted by Gasteiger charge is 2.31. The van der Waals surface area contributed by atoms with Gasteiger partial charge in [-0.25, -0.2) is 9.18 Å². The van der Waals surface area contributed by atoms with E-state index in [1.54, 1.807) is 29.2 Å². The van der Waals surface area contributed by atoms with Gasteiger partial charge in [0.2, 0.25) is 5.91 Å². The maximum Gasteiger partial charge on any atom is 0.329 e. The Morgan fingerprint density at radius 1 is 1.06 bits per heavy atom. The van der Waals surface area contributed by atoms with Gasteiger partial charge >= 0.3 is 5.69 Å². The molecule has 3 aromatic rings. The molecule has 2 amide bonds. The lowest BCUT2D eigenvalue weighted by molar-refractivity contribution is -0.137. The summed E-state index contributed by atoms with van der Waals surface area (Å²) in [5.41, 5.74) is -0.265. The minimum absolute atomic E-state index is 0.0398. The van der Waals surface area contributed by atoms with E-state index in [-0.39, 0.29) is 30.6 Å². The molecule has 178 valence electrons. The Bertz CT molecular complexity index is 1360. The van der Waals surface area contributed by atoms with Crippen LogP contribution < -0.4 is 11.2 Å². The summed E-state index contributed by atoms with van der Waals surface area (Å²) in [5.74, 6) is -1.39. The van der Waals surface area contributed by atoms with E-state index >= 15 is 0 Å². The van der Waals surface area contributed by atoms with Crippen molar-refractivity contribution in [3.05, 3.63) is 80.2 Å². The zero-order valence-electron chi connectivity index (χ0n) is 19.2. The number of aromatic nitrogens is 2. The molecule has 2 heterocycles. The van der Waals surface area contributed by atoms with Gasteiger partial charge in [0.15, 0.2) is 0 Å². The van der Waals surface area contributed by atoms with Crippen molar-refractivity contribution in [2.45, 2.75) is 39.3 Å². The number of carbonyl (C=O) groups excluding carboxylic acids is 2. The molecule has 1 aliphatic rings. The summed E-state index contributed by atoms with van der Waals surface area (Å²) < 4.78 is 16.0. The quantitative estimate of drug-likeness (QED) is 0.603. The second kappa shape index (κ2) is 9.62. The van der Waals surface area contributed by atoms with Crippen LogP contribution in [0.15, 0.2) is 52.1 Å². The third-order valence-electron chi connectivity index (χ3n) is 6.43. The number of benzene rings is 2. The Kier molecular flexibility index (Phi) is 6.63. The summed E-state index contributed by atoms with van der Waals surface area (Å²) >= 11 is 0. The van der Waals surface area contributed by atoms with Crippen LogP contribution in [0, 0.1) is 5.82 Å². The third kappa shape index (κ3) is 4.37. The molecule has 2 aromatic carbocycles. The summed E-state index contributed by atoms with van der Waals surface area (Å²) in [4.78, 5) is 55.8. The highest BCUT2D eigenvalue weighted by Crippen LogP contribution is 2.19. The minimum Gasteiger partial charge on any atom is -0.336 e. The van der Waals surface area contributed by atoms with E-state index in [0.29, 0.717) is 29.6 Å². The van der Waals surface area contributed by atoms with Gasteiger partial charge in [-0.1, -0.05) is 32.0 Å². The van der Waals surface area contributed by atoms with Gasteiger partial charge in [-0.3, -0.25) is 23.9 Å². The first-order valence-electron chi connectivity index (χ1n) is 11.4. The van der Waals surface area contributed by atoms with E-state index in [9.17, 15) is 23.6 Å². The van der Waals surface area contributed by atoms with Crippen LogP contribution in [0.25, 0.3) is 10.9 Å². The summed E-state index contributed by atoms with van der Waals surface area (Å²) in [7, 11) is 0. The number of aromatic amines is 1. The highest BCUT2D eigenvalue weighted by molar-refractivity contribution is 5.97. The Labute approximate surface area is 195 Å². The van der Waals surface area contributed by atoms with Gasteiger partial charge in [0, 0.05) is 19.1 Å². The monoisotopic (exact) mass is 466 g/mol. The molecule has 34 heavy (non-hydrogen) atoms. The average Bonchev–Trinajstić information content (AvgIpc) is 2.84. The minimum atomic E-state index is -0.692. The number of amides is 2. The molecule has 0 saturated carbocycles. The van der Waals surface area contributed by atoms with Crippen molar-refractivity contribution >= 4 is 22.7 Å². The fourth-order valence-corrected chi connectivity index (χ4v) is 4.56. The van der Waals surface area contributed by atoms with Crippen molar-refractivity contribution in [2.24, 2.45) is 0 Å². The standard InChI is InChI=1S/C25H27FN4O4/c1-3-17(4-2)29-12-11-28(15-22(29)31)24(33)19-13-16(9-10-20(19)26)14-30-21-8-6-5-7-18(21)23(32)27-25(30)34/h5-10,13,17H,3-4,11-12,14-15H2,1-2H3,(H,27,32,34). The zero-order valence-corrected chi connectivity index (χ0v) is 19.2. The molecule has 0 radical (unpaired) electrons. The number of H-pyrrole nitrogens is 1. The van der Waals surface area contributed by atoms with Crippen molar-refractivity contribution in [2.75, 3.05) is 19.6 Å². The van der Waals surface area contributed by atoms with Crippen molar-refractivity contribution in [1.82, 2.24) is 19.4 Å². The van der Waals surface area contributed by atoms with Crippen LogP contribution in [0.5, 0.6) is 0 Å². The van der Waals surface area contributed by atoms with Crippen molar-refractivity contribution < 1.29 is 14.0 Å². The first-order chi connectivity index (χ1) is 16.3. The maximum atomic E-state index is 14.7. The number of nitrogens with one attached hydrogen (secondary N) is 1. The Balaban J connectivity index is 1.60. The molecule has 0 atom stereocenters. The number of halogens is 1. The van der Waals surface area contributed by atoms with Crippen LogP contribution in [-0.2, 0) is 11.3 Å². The molecule has 1 aliphatic heterocycles. The predicted molar refractivity (Wildman–Crippen MR) is 126 cm³/mol. The van der Waals surface area contributed by atoms with E-state index in [1.807, 2.05) is 13.8 Å². The molecule has 1 aromatic heterocycles. The summed E-state index contributed by atoms with van der Waals surface area (Å²) in [6.07, 6.45) is 1.68. The molecule has 1 fully saturated rings. The molecule has 0 unspecified atom stereocenters. The second-order valence-corrected chi connectivity index (χ2v) is 8.46. The Morgan fingerprint density at radius 3 is 2.50 bits per heavy atom. The van der Waals surface area contributed by atoms with Crippen LogP contribution in [0.1, 0.15) is 42.6 Å². The number of carbonyl (C=O) groups is 2. The average molecular weight is 467 g/mol. The maximum absolute atomic E-state index is 14.7. The molecular weight excluding hydrogens is 439 g/mol. The van der Waals surface area contributed by atoms with Gasteiger partial charge < -0.3 is 9.80 Å². The van der Waals surface area contributed by atoms with Crippen LogP contribution >= 0.6 is 0 Å². The van der Waals surface area contributed by atoms with Gasteiger partial charge in [0.25, 0.3) is 11.5 Å². The largest absolute Gasteiger partial charge is 0.336 e.